The minimum Gasteiger partial charge on any atom is -0.530 e. The molecule has 12 heavy (non-hydrogen) atoms. The number of carboxylic acid groups (broad SMARTS) is 1. The average Bonchev–Trinajstić information content (AvgIpc) is 2.06. The molecule has 1 aliphatic rings. The number of hydrogen-bond acceptors (Lipinski definition) is 2. The van der Waals surface area contributed by atoms with Crippen LogP contribution in [0.3, 0.4) is 0 Å². The second kappa shape index (κ2) is 4.89. The normalized spacial score (nSPS) is 19.6. The quantitative estimate of drug-likeness (QED) is 0.557. The first-order chi connectivity index (χ1) is 5.74. The molecule has 1 aliphatic heterocycles. The molecule has 0 saturated carbocycles. The number of amides is 1. The van der Waals surface area contributed by atoms with Gasteiger partial charge in [0.15, 0.2) is 0 Å². The van der Waals surface area contributed by atoms with Crippen LogP contribution in [0.5, 0.6) is 0 Å². The van der Waals surface area contributed by atoms with Crippen LogP contribution in [0, 0.1) is 5.92 Å². The summed E-state index contributed by atoms with van der Waals surface area (Å²) in [5, 5.41) is 10.4. The van der Waals surface area contributed by atoms with Gasteiger partial charge >= 0.3 is 0 Å². The highest BCUT2D eigenvalue weighted by molar-refractivity contribution is 14.1. The number of alkyl halides is 1. The number of likely N-dealkylation sites (tertiary alicyclic amines) is 1. The molecule has 0 aromatic heterocycles. The summed E-state index contributed by atoms with van der Waals surface area (Å²) >= 11 is 2.37. The molecule has 1 fully saturated rings. The van der Waals surface area contributed by atoms with E-state index in [1.165, 1.54) is 15.7 Å². The molecule has 0 bridgehead atoms. The van der Waals surface area contributed by atoms with Crippen molar-refractivity contribution in [2.45, 2.75) is 19.3 Å². The zero-order valence-electron chi connectivity index (χ0n) is 6.96. The Hall–Kier alpha value is 0. The van der Waals surface area contributed by atoms with Crippen molar-refractivity contribution in [3.05, 3.63) is 0 Å². The monoisotopic (exact) mass is 282 g/mol. The molecule has 4 heteroatoms. The summed E-state index contributed by atoms with van der Waals surface area (Å²) in [4.78, 5) is 11.8. The lowest BCUT2D eigenvalue weighted by Crippen LogP contribution is -2.45. The number of hydrogen-bond donors (Lipinski definition) is 0. The van der Waals surface area contributed by atoms with Crippen molar-refractivity contribution in [2.24, 2.45) is 5.92 Å². The van der Waals surface area contributed by atoms with E-state index < -0.39 is 6.09 Å². The van der Waals surface area contributed by atoms with Gasteiger partial charge in [-0.05, 0) is 29.6 Å². The van der Waals surface area contributed by atoms with Crippen LogP contribution < -0.4 is 5.11 Å². The molecule has 70 valence electrons. The van der Waals surface area contributed by atoms with Gasteiger partial charge in [-0.25, -0.2) is 0 Å². The van der Waals surface area contributed by atoms with E-state index in [0.29, 0.717) is 13.1 Å². The van der Waals surface area contributed by atoms with Crippen LogP contribution in [-0.4, -0.2) is 28.5 Å². The van der Waals surface area contributed by atoms with E-state index in [1.54, 1.807) is 0 Å². The van der Waals surface area contributed by atoms with Gasteiger partial charge in [0.2, 0.25) is 0 Å². The standard InChI is InChI=1S/C8H14INO2/c9-4-1-7-2-5-10(6-3-7)8(11)12/h7H,1-6H2,(H,11,12)/p-1. The van der Waals surface area contributed by atoms with Crippen LogP contribution in [0.1, 0.15) is 19.3 Å². The number of halogens is 1. The Labute approximate surface area is 86.3 Å². The Morgan fingerprint density at radius 2 is 2.08 bits per heavy atom. The van der Waals surface area contributed by atoms with Gasteiger partial charge in [-0.15, -0.1) is 0 Å². The SMILES string of the molecule is O=C([O-])N1CCC(CCI)CC1. The summed E-state index contributed by atoms with van der Waals surface area (Å²) in [5.41, 5.74) is 0. The molecular formula is C8H13INO2-. The first-order valence-electron chi connectivity index (χ1n) is 4.26. The van der Waals surface area contributed by atoms with Gasteiger partial charge < -0.3 is 14.8 Å². The Kier molecular flexibility index (Phi) is 4.11. The highest BCUT2D eigenvalue weighted by Gasteiger charge is 2.17. The molecule has 0 spiro atoms. The Balaban J connectivity index is 2.25. The third kappa shape index (κ3) is 2.80. The predicted molar refractivity (Wildman–Crippen MR) is 53.2 cm³/mol. The summed E-state index contributed by atoms with van der Waals surface area (Å²) < 4.78 is 1.17. The zero-order chi connectivity index (χ0) is 8.97. The molecule has 1 amide bonds. The van der Waals surface area contributed by atoms with Crippen molar-refractivity contribution in [3.8, 4) is 0 Å². The maximum absolute atomic E-state index is 10.4. The van der Waals surface area contributed by atoms with Gasteiger partial charge in [0, 0.05) is 13.1 Å². The maximum atomic E-state index is 10.4. The molecule has 0 aromatic carbocycles. The molecule has 0 aliphatic carbocycles. The fourth-order valence-corrected chi connectivity index (χ4v) is 2.44. The summed E-state index contributed by atoms with van der Waals surface area (Å²) in [7, 11) is 0. The first-order valence-corrected chi connectivity index (χ1v) is 5.78. The second-order valence-corrected chi connectivity index (χ2v) is 4.25. The largest absolute Gasteiger partial charge is 0.530 e. The third-order valence-electron chi connectivity index (χ3n) is 2.39. The Morgan fingerprint density at radius 3 is 2.50 bits per heavy atom. The van der Waals surface area contributed by atoms with Gasteiger partial charge in [-0.1, -0.05) is 22.6 Å². The first kappa shape index (κ1) is 10.1. The molecule has 3 nitrogen and oxygen atoms in total. The summed E-state index contributed by atoms with van der Waals surface area (Å²) in [6.45, 7) is 1.34. The van der Waals surface area contributed by atoms with Crippen LogP contribution in [0.25, 0.3) is 0 Å². The van der Waals surface area contributed by atoms with Gasteiger partial charge in [0.25, 0.3) is 0 Å². The van der Waals surface area contributed by atoms with Crippen LogP contribution in [-0.2, 0) is 0 Å². The van der Waals surface area contributed by atoms with E-state index >= 15 is 0 Å². The molecule has 0 N–H and O–H groups in total. The van der Waals surface area contributed by atoms with E-state index in [0.717, 1.165) is 18.8 Å². The molecular weight excluding hydrogens is 269 g/mol. The second-order valence-electron chi connectivity index (χ2n) is 3.17. The fraction of sp³-hybridized carbons (Fsp3) is 0.875. The van der Waals surface area contributed by atoms with Gasteiger partial charge in [0.1, 0.15) is 6.09 Å². The number of carbonyl (C=O) groups excluding carboxylic acids is 1. The van der Waals surface area contributed by atoms with Crippen molar-refractivity contribution in [2.75, 3.05) is 17.5 Å². The van der Waals surface area contributed by atoms with Crippen molar-refractivity contribution >= 4 is 28.7 Å². The van der Waals surface area contributed by atoms with Crippen LogP contribution in [0.15, 0.2) is 0 Å². The van der Waals surface area contributed by atoms with Crippen molar-refractivity contribution in [3.63, 3.8) is 0 Å². The fourth-order valence-electron chi connectivity index (χ4n) is 1.56. The van der Waals surface area contributed by atoms with E-state index in [1.807, 2.05) is 0 Å². The molecule has 0 radical (unpaired) electrons. The van der Waals surface area contributed by atoms with Gasteiger partial charge in [-0.2, -0.15) is 0 Å². The topological polar surface area (TPSA) is 43.4 Å². The molecule has 1 saturated heterocycles. The lowest BCUT2D eigenvalue weighted by molar-refractivity contribution is -0.266. The smallest absolute Gasteiger partial charge is 0.136 e. The number of rotatable bonds is 2. The maximum Gasteiger partial charge on any atom is 0.136 e. The zero-order valence-corrected chi connectivity index (χ0v) is 9.12. The Bertz CT molecular complexity index is 155. The van der Waals surface area contributed by atoms with Crippen molar-refractivity contribution < 1.29 is 9.90 Å². The molecule has 1 heterocycles. The predicted octanol–water partition coefficient (Wildman–Crippen LogP) is 0.867. The van der Waals surface area contributed by atoms with Crippen LogP contribution in [0.4, 0.5) is 4.79 Å². The summed E-state index contributed by atoms with van der Waals surface area (Å²) in [5.74, 6) is 0.734. The average molecular weight is 282 g/mol. The molecule has 1 rings (SSSR count). The molecule has 0 aromatic rings. The van der Waals surface area contributed by atoms with Gasteiger partial charge in [0.05, 0.1) is 0 Å². The number of piperidine rings is 1. The van der Waals surface area contributed by atoms with Crippen LogP contribution in [0.2, 0.25) is 0 Å². The Morgan fingerprint density at radius 1 is 1.50 bits per heavy atom. The highest BCUT2D eigenvalue weighted by atomic mass is 127. The van der Waals surface area contributed by atoms with Crippen molar-refractivity contribution in [1.82, 2.24) is 4.90 Å². The summed E-state index contributed by atoms with van der Waals surface area (Å²) in [6, 6.07) is 0. The lowest BCUT2D eigenvalue weighted by atomic mass is 9.95. The minimum atomic E-state index is -1.01. The number of carbonyl (C=O) groups is 1. The van der Waals surface area contributed by atoms with E-state index in [-0.39, 0.29) is 0 Å². The highest BCUT2D eigenvalue weighted by Crippen LogP contribution is 2.20. The van der Waals surface area contributed by atoms with E-state index in [9.17, 15) is 9.90 Å². The van der Waals surface area contributed by atoms with Crippen LogP contribution >= 0.6 is 22.6 Å². The van der Waals surface area contributed by atoms with E-state index in [4.69, 9.17) is 0 Å². The number of nitrogens with zero attached hydrogens (tertiary/aromatic N) is 1. The third-order valence-corrected chi connectivity index (χ3v) is 3.01. The van der Waals surface area contributed by atoms with Gasteiger partial charge in [-0.3, -0.25) is 0 Å². The summed E-state index contributed by atoms with van der Waals surface area (Å²) in [6.07, 6.45) is 2.23. The van der Waals surface area contributed by atoms with E-state index in [2.05, 4.69) is 22.6 Å². The minimum absolute atomic E-state index is 0.670. The molecule has 0 atom stereocenters. The lowest BCUT2D eigenvalue weighted by Gasteiger charge is -2.33. The van der Waals surface area contributed by atoms with Crippen molar-refractivity contribution in [1.29, 1.82) is 0 Å². The molecule has 0 unspecified atom stereocenters.